The number of carbonyl (C=O) groups excluding carboxylic acids is 1. The molecule has 1 aromatic rings. The number of nitrogens with one attached hydrogen (secondary N) is 1. The highest BCUT2D eigenvalue weighted by Crippen LogP contribution is 2.24. The Morgan fingerprint density at radius 3 is 2.75 bits per heavy atom. The monoisotopic (exact) mass is 225 g/mol. The van der Waals surface area contributed by atoms with Crippen LogP contribution in [0.4, 0.5) is 5.82 Å². The van der Waals surface area contributed by atoms with Crippen molar-refractivity contribution < 1.29 is 15.0 Å². The zero-order chi connectivity index (χ0) is 11.8. The lowest BCUT2D eigenvalue weighted by atomic mass is 10.2. The van der Waals surface area contributed by atoms with Crippen LogP contribution in [0.2, 0.25) is 0 Å². The SMILES string of the molecule is NC1(CO)NC(=O)c2nccnc2N1CO. The summed E-state index contributed by atoms with van der Waals surface area (Å²) in [7, 11) is 0. The summed E-state index contributed by atoms with van der Waals surface area (Å²) >= 11 is 0. The Bertz CT molecular complexity index is 426. The highest BCUT2D eigenvalue weighted by Gasteiger charge is 2.42. The van der Waals surface area contributed by atoms with Gasteiger partial charge in [0.15, 0.2) is 17.3 Å². The Kier molecular flexibility index (Phi) is 2.46. The van der Waals surface area contributed by atoms with Crippen molar-refractivity contribution in [1.82, 2.24) is 15.3 Å². The van der Waals surface area contributed by atoms with Gasteiger partial charge in [0.2, 0.25) is 0 Å². The van der Waals surface area contributed by atoms with Crippen LogP contribution in [0.1, 0.15) is 10.5 Å². The van der Waals surface area contributed by atoms with E-state index in [2.05, 4.69) is 15.3 Å². The van der Waals surface area contributed by atoms with Crippen molar-refractivity contribution in [3.8, 4) is 0 Å². The molecule has 0 radical (unpaired) electrons. The maximum Gasteiger partial charge on any atom is 0.276 e. The first kappa shape index (κ1) is 10.7. The van der Waals surface area contributed by atoms with Crippen LogP contribution in [0.15, 0.2) is 12.4 Å². The van der Waals surface area contributed by atoms with Crippen LogP contribution in [0.5, 0.6) is 0 Å². The summed E-state index contributed by atoms with van der Waals surface area (Å²) in [6.07, 6.45) is 2.73. The molecule has 8 nitrogen and oxygen atoms in total. The number of aliphatic hydroxyl groups is 2. The summed E-state index contributed by atoms with van der Waals surface area (Å²) in [5.41, 5.74) is 5.80. The molecule has 1 aromatic heterocycles. The molecule has 0 bridgehead atoms. The molecule has 8 heteroatoms. The molecule has 0 fully saturated rings. The van der Waals surface area contributed by atoms with E-state index in [9.17, 15) is 9.90 Å². The number of nitrogens with two attached hydrogens (primary N) is 1. The molecule has 16 heavy (non-hydrogen) atoms. The second-order valence-electron chi connectivity index (χ2n) is 3.33. The molecule has 0 aromatic carbocycles. The lowest BCUT2D eigenvalue weighted by Crippen LogP contribution is -2.72. The summed E-state index contributed by atoms with van der Waals surface area (Å²) in [5, 5.41) is 20.7. The number of amides is 1. The molecular formula is C8H11N5O3. The smallest absolute Gasteiger partial charge is 0.276 e. The number of nitrogens with zero attached hydrogens (tertiary/aromatic N) is 3. The average Bonchev–Trinajstić information content (AvgIpc) is 2.30. The van der Waals surface area contributed by atoms with Crippen molar-refractivity contribution >= 4 is 11.7 Å². The third-order valence-corrected chi connectivity index (χ3v) is 2.34. The molecule has 1 aliphatic rings. The van der Waals surface area contributed by atoms with E-state index < -0.39 is 25.0 Å². The van der Waals surface area contributed by atoms with Crippen LogP contribution >= 0.6 is 0 Å². The normalized spacial score (nSPS) is 23.9. The molecule has 0 spiro atoms. The highest BCUT2D eigenvalue weighted by molar-refractivity contribution is 5.99. The van der Waals surface area contributed by atoms with Gasteiger partial charge in [-0.2, -0.15) is 0 Å². The number of carbonyl (C=O) groups is 1. The minimum Gasteiger partial charge on any atom is -0.390 e. The van der Waals surface area contributed by atoms with Gasteiger partial charge in [0, 0.05) is 12.4 Å². The minimum absolute atomic E-state index is 0.0612. The van der Waals surface area contributed by atoms with E-state index >= 15 is 0 Å². The van der Waals surface area contributed by atoms with Gasteiger partial charge < -0.3 is 15.5 Å². The van der Waals surface area contributed by atoms with Crippen molar-refractivity contribution in [2.75, 3.05) is 18.2 Å². The van der Waals surface area contributed by atoms with Crippen LogP contribution in [0.25, 0.3) is 0 Å². The molecular weight excluding hydrogens is 214 g/mol. The fourth-order valence-corrected chi connectivity index (χ4v) is 1.52. The van der Waals surface area contributed by atoms with E-state index in [1.165, 1.54) is 12.4 Å². The van der Waals surface area contributed by atoms with Gasteiger partial charge in [-0.3, -0.25) is 15.4 Å². The van der Waals surface area contributed by atoms with Crippen molar-refractivity contribution in [2.24, 2.45) is 5.73 Å². The molecule has 1 aliphatic heterocycles. The Hall–Kier alpha value is -1.77. The Labute approximate surface area is 90.7 Å². The van der Waals surface area contributed by atoms with Crippen molar-refractivity contribution in [2.45, 2.75) is 5.79 Å². The standard InChI is InChI=1S/C8H11N5O3/c9-8(3-14)12-7(16)5-6(13(8)4-15)11-2-1-10-5/h1-2,14-15H,3-4,9H2,(H,12,16). The van der Waals surface area contributed by atoms with E-state index in [0.29, 0.717) is 0 Å². The number of anilines is 1. The molecule has 0 saturated carbocycles. The number of hydrogen-bond donors (Lipinski definition) is 4. The quantitative estimate of drug-likeness (QED) is 0.441. The number of rotatable bonds is 2. The van der Waals surface area contributed by atoms with Crippen LogP contribution in [0.3, 0.4) is 0 Å². The summed E-state index contributed by atoms with van der Waals surface area (Å²) in [6, 6.07) is 0. The highest BCUT2D eigenvalue weighted by atomic mass is 16.3. The lowest BCUT2D eigenvalue weighted by molar-refractivity contribution is 0.0755. The predicted octanol–water partition coefficient (Wildman–Crippen LogP) is -2.42. The molecule has 86 valence electrons. The van der Waals surface area contributed by atoms with Crippen molar-refractivity contribution in [3.63, 3.8) is 0 Å². The summed E-state index contributed by atoms with van der Waals surface area (Å²) in [6.45, 7) is -1.06. The van der Waals surface area contributed by atoms with Gasteiger partial charge in [-0.1, -0.05) is 0 Å². The first-order chi connectivity index (χ1) is 7.62. The average molecular weight is 225 g/mol. The molecule has 1 atom stereocenters. The van der Waals surface area contributed by atoms with Gasteiger partial charge in [0.05, 0.1) is 6.61 Å². The fourth-order valence-electron chi connectivity index (χ4n) is 1.52. The number of fused-ring (bicyclic) bond motifs is 1. The van der Waals surface area contributed by atoms with Crippen LogP contribution in [-0.2, 0) is 0 Å². The van der Waals surface area contributed by atoms with Gasteiger partial charge in [-0.25, -0.2) is 9.97 Å². The van der Waals surface area contributed by atoms with Gasteiger partial charge in [-0.15, -0.1) is 0 Å². The zero-order valence-electron chi connectivity index (χ0n) is 8.29. The number of hydrogen-bond acceptors (Lipinski definition) is 7. The van der Waals surface area contributed by atoms with Crippen molar-refractivity contribution in [1.29, 1.82) is 0 Å². The third kappa shape index (κ3) is 1.40. The maximum absolute atomic E-state index is 11.6. The molecule has 1 unspecified atom stereocenters. The maximum atomic E-state index is 11.6. The third-order valence-electron chi connectivity index (χ3n) is 2.34. The van der Waals surface area contributed by atoms with Gasteiger partial charge in [-0.05, 0) is 0 Å². The zero-order valence-corrected chi connectivity index (χ0v) is 8.29. The van der Waals surface area contributed by atoms with E-state index in [0.717, 1.165) is 4.90 Å². The molecule has 2 rings (SSSR count). The van der Waals surface area contributed by atoms with Crippen LogP contribution in [-0.4, -0.2) is 45.2 Å². The summed E-state index contributed by atoms with van der Waals surface area (Å²) in [4.78, 5) is 20.5. The first-order valence-electron chi connectivity index (χ1n) is 4.54. The molecule has 0 saturated heterocycles. The van der Waals surface area contributed by atoms with E-state index in [1.807, 2.05) is 0 Å². The second-order valence-corrected chi connectivity index (χ2v) is 3.33. The Balaban J connectivity index is 2.55. The van der Waals surface area contributed by atoms with E-state index in [4.69, 9.17) is 10.8 Å². The first-order valence-corrected chi connectivity index (χ1v) is 4.54. The topological polar surface area (TPSA) is 125 Å². The Morgan fingerprint density at radius 2 is 2.12 bits per heavy atom. The number of aliphatic hydroxyl groups excluding tert-OH is 2. The molecule has 0 aliphatic carbocycles. The van der Waals surface area contributed by atoms with E-state index in [1.54, 1.807) is 0 Å². The molecule has 2 heterocycles. The van der Waals surface area contributed by atoms with Crippen molar-refractivity contribution in [3.05, 3.63) is 18.1 Å². The number of aromatic nitrogens is 2. The fraction of sp³-hybridized carbons (Fsp3) is 0.375. The van der Waals surface area contributed by atoms with Gasteiger partial charge >= 0.3 is 0 Å². The van der Waals surface area contributed by atoms with Crippen LogP contribution < -0.4 is 16.0 Å². The van der Waals surface area contributed by atoms with E-state index in [-0.39, 0.29) is 11.5 Å². The minimum atomic E-state index is -1.56. The second kappa shape index (κ2) is 3.67. The van der Waals surface area contributed by atoms with Crippen LogP contribution in [0, 0.1) is 0 Å². The summed E-state index contributed by atoms with van der Waals surface area (Å²) in [5.74, 6) is -1.95. The largest absolute Gasteiger partial charge is 0.390 e. The molecule has 5 N–H and O–H groups in total. The predicted molar refractivity (Wildman–Crippen MR) is 53.1 cm³/mol. The summed E-state index contributed by atoms with van der Waals surface area (Å²) < 4.78 is 0. The van der Waals surface area contributed by atoms with Gasteiger partial charge in [0.1, 0.15) is 6.73 Å². The van der Waals surface area contributed by atoms with Gasteiger partial charge in [0.25, 0.3) is 5.91 Å². The lowest BCUT2D eigenvalue weighted by Gasteiger charge is -2.42. The molecule has 1 amide bonds. The Morgan fingerprint density at radius 1 is 1.44 bits per heavy atom.